The third-order valence-corrected chi connectivity index (χ3v) is 14.9. The van der Waals surface area contributed by atoms with E-state index in [4.69, 9.17) is 47.4 Å². The van der Waals surface area contributed by atoms with E-state index >= 15 is 0 Å². The van der Waals surface area contributed by atoms with Gasteiger partial charge in [-0.15, -0.1) is 0 Å². The highest BCUT2D eigenvalue weighted by molar-refractivity contribution is 5.78. The summed E-state index contributed by atoms with van der Waals surface area (Å²) in [5, 5.41) is 26.7. The second-order valence-electron chi connectivity index (χ2n) is 19.7. The van der Waals surface area contributed by atoms with Gasteiger partial charge in [-0.05, 0) is 62.8 Å². The van der Waals surface area contributed by atoms with E-state index < -0.39 is 84.7 Å². The van der Waals surface area contributed by atoms with E-state index in [1.165, 1.54) is 6.92 Å². The molecule has 364 valence electrons. The molecule has 1 unspecified atom stereocenters. The van der Waals surface area contributed by atoms with Crippen molar-refractivity contribution in [2.75, 3.05) is 20.8 Å². The molecule has 0 aromatic carbocycles. The van der Waals surface area contributed by atoms with Gasteiger partial charge in [0.15, 0.2) is 18.4 Å². The minimum absolute atomic E-state index is 0.0270. The van der Waals surface area contributed by atoms with Gasteiger partial charge >= 0.3 is 5.97 Å². The van der Waals surface area contributed by atoms with Crippen molar-refractivity contribution in [2.45, 2.75) is 198 Å². The van der Waals surface area contributed by atoms with Crippen LogP contribution in [0.1, 0.15) is 101 Å². The molecule has 7 rings (SSSR count). The number of methoxy groups -OCH3 is 2. The Kier molecular flexibility index (Phi) is 16.0. The molecule has 3 N–H and O–H groups in total. The SMILES string of the molecule is CCC(C)[C@H]1O[C@]2(C=C[C@@H]1C)C[C@@H]1C[C@@H](C/C=C(\C)[C@@H](O[C@H]3C[C@H](OC)[C@@H](O[C@@H]4C[C@H](OC)[C@@H](NC(C)=O)[C@H](C)O4)[C@H](C)O3)[C@@H](C)/C=C/C=C3\CO[C@@H]4[C@H](O)C(C)=C[C@@H](C(=O)O1)[C@]34O)O2. The fourth-order valence-electron chi connectivity index (χ4n) is 11.0. The van der Waals surface area contributed by atoms with Crippen molar-refractivity contribution < 1.29 is 67.2 Å². The fourth-order valence-corrected chi connectivity index (χ4v) is 11.0. The summed E-state index contributed by atoms with van der Waals surface area (Å²) in [6.45, 7) is 17.7. The maximum absolute atomic E-state index is 14.4. The smallest absolute Gasteiger partial charge is 0.316 e. The van der Waals surface area contributed by atoms with Crippen LogP contribution in [0.4, 0.5) is 0 Å². The van der Waals surface area contributed by atoms with E-state index in [1.807, 2.05) is 39.0 Å². The van der Waals surface area contributed by atoms with E-state index in [0.29, 0.717) is 36.8 Å². The van der Waals surface area contributed by atoms with E-state index in [2.05, 4.69) is 45.2 Å². The van der Waals surface area contributed by atoms with Crippen LogP contribution >= 0.6 is 0 Å². The lowest BCUT2D eigenvalue weighted by molar-refractivity contribution is -0.311. The van der Waals surface area contributed by atoms with E-state index in [9.17, 15) is 19.8 Å². The number of esters is 1. The molecule has 1 spiro atoms. The molecule has 0 aromatic rings. The van der Waals surface area contributed by atoms with Gasteiger partial charge in [0.25, 0.3) is 0 Å². The largest absolute Gasteiger partial charge is 0.462 e. The van der Waals surface area contributed by atoms with Crippen LogP contribution in [-0.2, 0) is 57.0 Å². The van der Waals surface area contributed by atoms with Crippen molar-refractivity contribution in [1.29, 1.82) is 0 Å². The van der Waals surface area contributed by atoms with Gasteiger partial charge in [0.2, 0.25) is 5.91 Å². The summed E-state index contributed by atoms with van der Waals surface area (Å²) in [5.74, 6) is -2.75. The summed E-state index contributed by atoms with van der Waals surface area (Å²) in [6.07, 6.45) is 9.46. The quantitative estimate of drug-likeness (QED) is 0.195. The zero-order chi connectivity index (χ0) is 47.0. The molecule has 6 aliphatic heterocycles. The Morgan fingerprint density at radius 3 is 2.35 bits per heavy atom. The number of nitrogens with one attached hydrogen (secondary N) is 1. The van der Waals surface area contributed by atoms with Gasteiger partial charge in [0.1, 0.15) is 35.9 Å². The molecular weight excluding hydrogens is 839 g/mol. The van der Waals surface area contributed by atoms with Crippen molar-refractivity contribution in [3.05, 3.63) is 59.3 Å². The Morgan fingerprint density at radius 1 is 0.938 bits per heavy atom. The van der Waals surface area contributed by atoms with Gasteiger partial charge in [0.05, 0.1) is 55.4 Å². The normalized spacial score (nSPS) is 47.3. The first-order valence-corrected chi connectivity index (χ1v) is 23.8. The fraction of sp³-hybridized carbons (Fsp3) is 0.760. The number of carbonyl (C=O) groups is 2. The lowest BCUT2D eigenvalue weighted by Crippen LogP contribution is -2.58. The number of rotatable bonds is 9. The molecule has 65 heavy (non-hydrogen) atoms. The zero-order valence-corrected chi connectivity index (χ0v) is 40.2. The second-order valence-corrected chi connectivity index (χ2v) is 19.7. The molecule has 6 heterocycles. The van der Waals surface area contributed by atoms with Crippen molar-refractivity contribution >= 4 is 11.9 Å². The minimum Gasteiger partial charge on any atom is -0.462 e. The molecule has 1 aliphatic carbocycles. The van der Waals surface area contributed by atoms with E-state index in [1.54, 1.807) is 33.3 Å². The highest BCUT2D eigenvalue weighted by Crippen LogP contribution is 2.47. The number of hydrogen-bond acceptors (Lipinski definition) is 14. The van der Waals surface area contributed by atoms with Crippen LogP contribution in [-0.4, -0.2) is 140 Å². The Hall–Kier alpha value is -2.80. The van der Waals surface area contributed by atoms with Gasteiger partial charge in [0, 0.05) is 58.7 Å². The number of fused-ring (bicyclic) bond motifs is 2. The molecule has 15 nitrogen and oxygen atoms in total. The van der Waals surface area contributed by atoms with Crippen LogP contribution < -0.4 is 5.32 Å². The highest BCUT2D eigenvalue weighted by atomic mass is 16.7. The number of carbonyl (C=O) groups excluding carboxylic acids is 2. The van der Waals surface area contributed by atoms with Gasteiger partial charge in [-0.2, -0.15) is 0 Å². The molecule has 0 saturated carbocycles. The first kappa shape index (κ1) is 50.1. The Balaban J connectivity index is 1.16. The monoisotopic (exact) mass is 914 g/mol. The van der Waals surface area contributed by atoms with Crippen LogP contribution in [0.15, 0.2) is 59.3 Å². The number of ether oxygens (including phenoxy) is 10. The van der Waals surface area contributed by atoms with Crippen molar-refractivity contribution in [1.82, 2.24) is 5.32 Å². The van der Waals surface area contributed by atoms with Crippen LogP contribution in [0.3, 0.4) is 0 Å². The predicted octanol–water partition coefficient (Wildman–Crippen LogP) is 5.52. The number of hydrogen-bond donors (Lipinski definition) is 3. The average Bonchev–Trinajstić information content (AvgIpc) is 3.61. The van der Waals surface area contributed by atoms with Gasteiger partial charge in [-0.3, -0.25) is 9.59 Å². The highest BCUT2D eigenvalue weighted by Gasteiger charge is 2.60. The Labute approximate surface area is 385 Å². The molecule has 7 aliphatic rings. The van der Waals surface area contributed by atoms with Crippen LogP contribution in [0.5, 0.6) is 0 Å². The van der Waals surface area contributed by atoms with E-state index in [-0.39, 0.29) is 61.0 Å². The number of aliphatic hydroxyl groups is 2. The summed E-state index contributed by atoms with van der Waals surface area (Å²) in [5.41, 5.74) is 0.116. The van der Waals surface area contributed by atoms with Crippen molar-refractivity contribution in [3.63, 3.8) is 0 Å². The van der Waals surface area contributed by atoms with Gasteiger partial charge < -0.3 is 62.9 Å². The predicted molar refractivity (Wildman–Crippen MR) is 239 cm³/mol. The minimum atomic E-state index is -1.84. The lowest BCUT2D eigenvalue weighted by Gasteiger charge is -2.48. The third-order valence-electron chi connectivity index (χ3n) is 14.9. The Bertz CT molecular complexity index is 1850. The molecule has 0 radical (unpaired) electrons. The summed E-state index contributed by atoms with van der Waals surface area (Å²) in [4.78, 5) is 26.3. The topological polar surface area (TPSA) is 179 Å². The van der Waals surface area contributed by atoms with Gasteiger partial charge in [-0.25, -0.2) is 0 Å². The molecule has 4 saturated heterocycles. The second kappa shape index (κ2) is 20.8. The van der Waals surface area contributed by atoms with E-state index in [0.717, 1.165) is 12.0 Å². The van der Waals surface area contributed by atoms with Crippen LogP contribution in [0.25, 0.3) is 0 Å². The summed E-state index contributed by atoms with van der Waals surface area (Å²) in [6, 6.07) is -0.315. The molecule has 0 aromatic heterocycles. The van der Waals surface area contributed by atoms with Crippen LogP contribution in [0.2, 0.25) is 0 Å². The Morgan fingerprint density at radius 2 is 1.65 bits per heavy atom. The number of allylic oxidation sites excluding steroid dienone is 2. The maximum atomic E-state index is 14.4. The molecule has 2 bridgehead atoms. The maximum Gasteiger partial charge on any atom is 0.316 e. The van der Waals surface area contributed by atoms with Crippen molar-refractivity contribution in [3.8, 4) is 0 Å². The van der Waals surface area contributed by atoms with Crippen LogP contribution in [0, 0.1) is 23.7 Å². The average molecular weight is 914 g/mol. The summed E-state index contributed by atoms with van der Waals surface area (Å²) < 4.78 is 64.4. The third kappa shape index (κ3) is 10.6. The molecule has 1 amide bonds. The molecular formula is C50H75NO14. The number of aliphatic hydroxyl groups excluding tert-OH is 1. The van der Waals surface area contributed by atoms with Crippen molar-refractivity contribution in [2.24, 2.45) is 23.7 Å². The van der Waals surface area contributed by atoms with Gasteiger partial charge in [-0.1, -0.05) is 70.6 Å². The molecule has 20 atom stereocenters. The first-order valence-electron chi connectivity index (χ1n) is 23.8. The summed E-state index contributed by atoms with van der Waals surface area (Å²) >= 11 is 0. The molecule has 4 fully saturated rings. The zero-order valence-electron chi connectivity index (χ0n) is 40.2. The first-order chi connectivity index (χ1) is 30.9. The molecule has 15 heteroatoms. The standard InChI is InChI=1S/C50H75NO14/c1-12-26(2)45-29(5)18-19-49(65-45)24-36-21-35(64-49)17-16-28(4)44(27(3)14-13-15-34-25-58-47-43(53)30(6)20-37(48(54)61-36)50(34,47)55)62-41-23-39(57-11)46(32(8)60-41)63-40-22-38(56-10)42(31(7)59-40)51-33(9)52/h13-16,18-20,26-27,29,31-32,35-47,53,55H,12,17,21-25H2,1-11H3,(H,51,52)/b14-13+,28-16+,34-15+/t26?,27-,29-,31-,32-,35+,36-,37-,38-,39-,40+,41-,42-,43+,44-,45+,46-,47+,49+,50+/m0/s1. The number of amides is 1. The lowest BCUT2D eigenvalue weighted by atomic mass is 9.71. The summed E-state index contributed by atoms with van der Waals surface area (Å²) in [7, 11) is 3.27.